The fourth-order valence-electron chi connectivity index (χ4n) is 2.16. The molecule has 2 heterocycles. The third-order valence-electron chi connectivity index (χ3n) is 3.12. The Morgan fingerprint density at radius 3 is 2.48 bits per heavy atom. The van der Waals surface area contributed by atoms with Gasteiger partial charge in [0.1, 0.15) is 11.3 Å². The van der Waals surface area contributed by atoms with Gasteiger partial charge in [0.25, 0.3) is 0 Å². The summed E-state index contributed by atoms with van der Waals surface area (Å²) in [6.07, 6.45) is 0.659. The Morgan fingerprint density at radius 2 is 1.76 bits per heavy atom. The first-order valence-electron chi connectivity index (χ1n) is 6.47. The molecule has 6 heteroatoms. The summed E-state index contributed by atoms with van der Waals surface area (Å²) >= 11 is 4.23. The topological polar surface area (TPSA) is 64.7 Å². The number of anilines is 1. The highest BCUT2D eigenvalue weighted by molar-refractivity contribution is 7.80. The maximum atomic E-state index is 13.0. The number of aromatic nitrogens is 3. The third kappa shape index (κ3) is 2.80. The van der Waals surface area contributed by atoms with Gasteiger partial charge in [0.05, 0.1) is 16.9 Å². The zero-order valence-electron chi connectivity index (χ0n) is 11.1. The molecule has 0 atom stereocenters. The van der Waals surface area contributed by atoms with E-state index in [-0.39, 0.29) is 11.8 Å². The summed E-state index contributed by atoms with van der Waals surface area (Å²) in [7, 11) is 0. The van der Waals surface area contributed by atoms with E-state index in [9.17, 15) is 4.39 Å². The summed E-state index contributed by atoms with van der Waals surface area (Å²) in [6.45, 7) is 0. The molecule has 106 valence electrons. The quantitative estimate of drug-likeness (QED) is 0.730. The molecule has 0 spiro atoms. The van der Waals surface area contributed by atoms with E-state index in [1.807, 2.05) is 12.1 Å². The van der Waals surface area contributed by atoms with E-state index in [0.29, 0.717) is 23.2 Å². The molecule has 0 amide bonds. The summed E-state index contributed by atoms with van der Waals surface area (Å²) < 4.78 is 13.0. The van der Waals surface area contributed by atoms with Crippen LogP contribution in [0.4, 0.5) is 10.3 Å². The number of nitrogens with two attached hydrogens (primary N) is 1. The first-order valence-corrected chi connectivity index (χ1v) is 7.10. The molecule has 0 unspecified atom stereocenters. The maximum Gasteiger partial charge on any atom is 0.220 e. The first kappa shape index (κ1) is 13.8. The number of aryl methyl sites for hydroxylation is 1. The summed E-state index contributed by atoms with van der Waals surface area (Å²) in [5.41, 5.74) is 9.47. The van der Waals surface area contributed by atoms with Crippen LogP contribution in [0.2, 0.25) is 0 Å². The van der Waals surface area contributed by atoms with Crippen molar-refractivity contribution in [3.63, 3.8) is 0 Å². The SMILES string of the molecule is Nc1nc(CCS)c2nc(-c3ccc(F)cc3)ccc2n1. The molecular formula is C15H13FN4S. The number of hydrogen-bond acceptors (Lipinski definition) is 5. The van der Waals surface area contributed by atoms with Crippen molar-refractivity contribution in [3.05, 3.63) is 47.9 Å². The summed E-state index contributed by atoms with van der Waals surface area (Å²) in [5.74, 6) is 0.607. The number of nitrogen functional groups attached to an aromatic ring is 1. The second-order valence-corrected chi connectivity index (χ2v) is 5.02. The molecule has 0 radical (unpaired) electrons. The van der Waals surface area contributed by atoms with Gasteiger partial charge in [-0.2, -0.15) is 12.6 Å². The van der Waals surface area contributed by atoms with Crippen molar-refractivity contribution < 1.29 is 4.39 Å². The number of nitrogens with zero attached hydrogens (tertiary/aromatic N) is 3. The zero-order valence-corrected chi connectivity index (χ0v) is 12.0. The van der Waals surface area contributed by atoms with Crippen LogP contribution >= 0.6 is 12.6 Å². The Bertz CT molecular complexity index is 790. The number of hydrogen-bond donors (Lipinski definition) is 2. The highest BCUT2D eigenvalue weighted by Gasteiger charge is 2.09. The molecule has 0 aliphatic carbocycles. The van der Waals surface area contributed by atoms with E-state index in [2.05, 4.69) is 27.6 Å². The molecular weight excluding hydrogens is 287 g/mol. The van der Waals surface area contributed by atoms with Gasteiger partial charge in [-0.15, -0.1) is 0 Å². The molecule has 0 bridgehead atoms. The molecule has 2 aromatic heterocycles. The van der Waals surface area contributed by atoms with E-state index in [4.69, 9.17) is 5.73 Å². The van der Waals surface area contributed by atoms with Gasteiger partial charge >= 0.3 is 0 Å². The summed E-state index contributed by atoms with van der Waals surface area (Å²) in [4.78, 5) is 13.0. The van der Waals surface area contributed by atoms with Crippen LogP contribution in [0.3, 0.4) is 0 Å². The number of benzene rings is 1. The van der Waals surface area contributed by atoms with Gasteiger partial charge in [0.2, 0.25) is 5.95 Å². The normalized spacial score (nSPS) is 11.0. The van der Waals surface area contributed by atoms with Crippen molar-refractivity contribution in [2.45, 2.75) is 6.42 Å². The molecule has 3 rings (SSSR count). The van der Waals surface area contributed by atoms with E-state index in [1.54, 1.807) is 12.1 Å². The van der Waals surface area contributed by atoms with Gasteiger partial charge in [-0.25, -0.2) is 19.3 Å². The Morgan fingerprint density at radius 1 is 1.00 bits per heavy atom. The van der Waals surface area contributed by atoms with Crippen molar-refractivity contribution in [1.29, 1.82) is 0 Å². The van der Waals surface area contributed by atoms with Crippen LogP contribution in [0.25, 0.3) is 22.3 Å². The van der Waals surface area contributed by atoms with Crippen LogP contribution in [0.5, 0.6) is 0 Å². The molecule has 2 N–H and O–H groups in total. The highest BCUT2D eigenvalue weighted by Crippen LogP contribution is 2.22. The summed E-state index contributed by atoms with van der Waals surface area (Å²) in [6, 6.07) is 9.90. The van der Waals surface area contributed by atoms with Gasteiger partial charge in [-0.3, -0.25) is 0 Å². The van der Waals surface area contributed by atoms with E-state index in [0.717, 1.165) is 17.0 Å². The number of rotatable bonds is 3. The smallest absolute Gasteiger partial charge is 0.220 e. The molecule has 1 aromatic carbocycles. The minimum atomic E-state index is -0.272. The average molecular weight is 300 g/mol. The Balaban J connectivity index is 2.16. The highest BCUT2D eigenvalue weighted by atomic mass is 32.1. The fourth-order valence-corrected chi connectivity index (χ4v) is 2.37. The van der Waals surface area contributed by atoms with Crippen molar-refractivity contribution in [2.24, 2.45) is 0 Å². The van der Waals surface area contributed by atoms with Crippen molar-refractivity contribution in [3.8, 4) is 11.3 Å². The van der Waals surface area contributed by atoms with Crippen LogP contribution in [0.15, 0.2) is 36.4 Å². The maximum absolute atomic E-state index is 13.0. The lowest BCUT2D eigenvalue weighted by Gasteiger charge is -2.07. The van der Waals surface area contributed by atoms with Crippen LogP contribution in [-0.2, 0) is 6.42 Å². The molecule has 4 nitrogen and oxygen atoms in total. The minimum absolute atomic E-state index is 0.232. The molecule has 0 aliphatic heterocycles. The molecule has 0 fully saturated rings. The minimum Gasteiger partial charge on any atom is -0.368 e. The number of halogens is 1. The predicted molar refractivity (Wildman–Crippen MR) is 84.7 cm³/mol. The van der Waals surface area contributed by atoms with E-state index >= 15 is 0 Å². The molecule has 0 aliphatic rings. The lowest BCUT2D eigenvalue weighted by atomic mass is 10.1. The largest absolute Gasteiger partial charge is 0.368 e. The van der Waals surface area contributed by atoms with Crippen LogP contribution in [0.1, 0.15) is 5.69 Å². The third-order valence-corrected chi connectivity index (χ3v) is 3.34. The number of fused-ring (bicyclic) bond motifs is 1. The van der Waals surface area contributed by atoms with Gasteiger partial charge < -0.3 is 5.73 Å². The van der Waals surface area contributed by atoms with E-state index < -0.39 is 0 Å². The van der Waals surface area contributed by atoms with Gasteiger partial charge in [-0.05, 0) is 42.2 Å². The van der Waals surface area contributed by atoms with Crippen LogP contribution < -0.4 is 5.73 Å². The second-order valence-electron chi connectivity index (χ2n) is 4.57. The lowest BCUT2D eigenvalue weighted by Crippen LogP contribution is -2.03. The Kier molecular flexibility index (Phi) is 3.70. The molecule has 21 heavy (non-hydrogen) atoms. The first-order chi connectivity index (χ1) is 10.2. The standard InChI is InChI=1S/C15H13FN4S/c16-10-3-1-9(2-4-10)11-5-6-12-14(18-11)13(7-8-21)20-15(17)19-12/h1-6,21H,7-8H2,(H2,17,19,20). The second kappa shape index (κ2) is 5.65. The van der Waals surface area contributed by atoms with Crippen LogP contribution in [-0.4, -0.2) is 20.7 Å². The zero-order chi connectivity index (χ0) is 14.8. The van der Waals surface area contributed by atoms with Crippen molar-refractivity contribution in [1.82, 2.24) is 15.0 Å². The molecule has 0 saturated carbocycles. The number of thiol groups is 1. The van der Waals surface area contributed by atoms with Crippen molar-refractivity contribution >= 4 is 29.6 Å². The average Bonchev–Trinajstić information content (AvgIpc) is 2.48. The van der Waals surface area contributed by atoms with Crippen LogP contribution in [0, 0.1) is 5.82 Å². The monoisotopic (exact) mass is 300 g/mol. The number of pyridine rings is 1. The molecule has 3 aromatic rings. The van der Waals surface area contributed by atoms with Crippen molar-refractivity contribution in [2.75, 3.05) is 11.5 Å². The van der Waals surface area contributed by atoms with Gasteiger partial charge in [-0.1, -0.05) is 0 Å². The van der Waals surface area contributed by atoms with Gasteiger partial charge in [0.15, 0.2) is 0 Å². The Labute approximate surface area is 126 Å². The Hall–Kier alpha value is -2.21. The molecule has 0 saturated heterocycles. The summed E-state index contributed by atoms with van der Waals surface area (Å²) in [5, 5.41) is 0. The fraction of sp³-hybridized carbons (Fsp3) is 0.133. The predicted octanol–water partition coefficient (Wildman–Crippen LogP) is 2.89. The van der Waals surface area contributed by atoms with E-state index in [1.165, 1.54) is 12.1 Å². The van der Waals surface area contributed by atoms with Gasteiger partial charge in [0, 0.05) is 12.0 Å². The lowest BCUT2D eigenvalue weighted by molar-refractivity contribution is 0.628.